The molecule has 1 atom stereocenters. The highest BCUT2D eigenvalue weighted by Gasteiger charge is 2.63. The predicted molar refractivity (Wildman–Crippen MR) is 123 cm³/mol. The van der Waals surface area contributed by atoms with E-state index in [-0.39, 0.29) is 34.6 Å². The Bertz CT molecular complexity index is 1500. The lowest BCUT2D eigenvalue weighted by Crippen LogP contribution is -2.51. The summed E-state index contributed by atoms with van der Waals surface area (Å²) in [6.45, 7) is 1.30. The average Bonchev–Trinajstić information content (AvgIpc) is 3.07. The van der Waals surface area contributed by atoms with Gasteiger partial charge in [0.25, 0.3) is 0 Å². The monoisotopic (exact) mass is 476 g/mol. The van der Waals surface area contributed by atoms with Gasteiger partial charge in [-0.15, -0.1) is 0 Å². The van der Waals surface area contributed by atoms with E-state index in [4.69, 9.17) is 24.4 Å². The van der Waals surface area contributed by atoms with Crippen LogP contribution in [0.25, 0.3) is 11.0 Å². The van der Waals surface area contributed by atoms with E-state index in [1.165, 1.54) is 0 Å². The fraction of sp³-hybridized carbons (Fsp3) is 0.200. The number of methoxy groups -OCH3 is 1. The number of rotatable bonds is 4. The summed E-state index contributed by atoms with van der Waals surface area (Å²) in [4.78, 5) is 54.4. The van der Waals surface area contributed by atoms with Gasteiger partial charge in [-0.2, -0.15) is 0 Å². The summed E-state index contributed by atoms with van der Waals surface area (Å²) >= 11 is 0. The maximum absolute atomic E-state index is 14.3. The molecule has 2 aromatic carbocycles. The molecule has 3 heterocycles. The highest BCUT2D eigenvalue weighted by molar-refractivity contribution is 6.20. The number of benzene rings is 2. The lowest BCUT2D eigenvalue weighted by Gasteiger charge is -2.35. The van der Waals surface area contributed by atoms with Crippen molar-refractivity contribution in [3.05, 3.63) is 81.5 Å². The molecule has 3 aromatic rings. The molecule has 0 saturated heterocycles. The minimum atomic E-state index is -2.07. The summed E-state index contributed by atoms with van der Waals surface area (Å²) in [6, 6.07) is 13.1. The number of hydrogen-bond donors (Lipinski definition) is 1. The van der Waals surface area contributed by atoms with Crippen molar-refractivity contribution in [3.8, 4) is 5.75 Å². The van der Waals surface area contributed by atoms with Crippen LogP contribution in [0.3, 0.4) is 0 Å². The lowest BCUT2D eigenvalue weighted by molar-refractivity contribution is -0.142. The molecule has 1 aromatic heterocycles. The molecule has 0 fully saturated rings. The number of ether oxygens (including phenoxy) is 3. The number of anilines is 1. The molecule has 2 aliphatic rings. The van der Waals surface area contributed by atoms with E-state index >= 15 is 0 Å². The van der Waals surface area contributed by atoms with Crippen molar-refractivity contribution in [2.45, 2.75) is 12.3 Å². The summed E-state index contributed by atoms with van der Waals surface area (Å²) < 4.78 is 21.3. The topological polar surface area (TPSA) is 138 Å². The van der Waals surface area contributed by atoms with Gasteiger partial charge in [0, 0.05) is 11.3 Å². The first-order valence-corrected chi connectivity index (χ1v) is 10.8. The molecular weight excluding hydrogens is 456 g/mol. The molecule has 10 nitrogen and oxygen atoms in total. The molecule has 1 amide bonds. The number of hydrogen-bond acceptors (Lipinski definition) is 9. The summed E-state index contributed by atoms with van der Waals surface area (Å²) in [6.07, 6.45) is 0. The first kappa shape index (κ1) is 22.2. The number of nitrogens with two attached hydrogens (primary N) is 1. The third-order valence-corrected chi connectivity index (χ3v) is 6.12. The van der Waals surface area contributed by atoms with E-state index in [1.807, 2.05) is 0 Å². The van der Waals surface area contributed by atoms with Crippen LogP contribution >= 0.6 is 0 Å². The van der Waals surface area contributed by atoms with Gasteiger partial charge in [0.05, 0.1) is 19.1 Å². The molecule has 1 unspecified atom stereocenters. The molecule has 35 heavy (non-hydrogen) atoms. The van der Waals surface area contributed by atoms with Gasteiger partial charge in [-0.05, 0) is 25.1 Å². The average molecular weight is 476 g/mol. The summed E-state index contributed by atoms with van der Waals surface area (Å²) in [5.74, 6) is -2.81. The third-order valence-electron chi connectivity index (χ3n) is 6.12. The van der Waals surface area contributed by atoms with Crippen molar-refractivity contribution in [3.63, 3.8) is 0 Å². The molecule has 0 bridgehead atoms. The number of para-hydroxylation sites is 2. The van der Waals surface area contributed by atoms with Crippen LogP contribution in [0.5, 0.6) is 5.75 Å². The second-order valence-electron chi connectivity index (χ2n) is 7.89. The van der Waals surface area contributed by atoms with Crippen LogP contribution in [0.15, 0.2) is 69.2 Å². The Morgan fingerprint density at radius 1 is 1.09 bits per heavy atom. The quantitative estimate of drug-likeness (QED) is 0.440. The number of amides is 1. The predicted octanol–water partition coefficient (Wildman–Crippen LogP) is 1.72. The molecule has 2 aliphatic heterocycles. The van der Waals surface area contributed by atoms with Crippen LogP contribution < -0.4 is 21.0 Å². The van der Waals surface area contributed by atoms with E-state index < -0.39 is 41.3 Å². The van der Waals surface area contributed by atoms with Crippen LogP contribution in [-0.4, -0.2) is 38.1 Å². The minimum Gasteiger partial charge on any atom is -0.465 e. The maximum Gasteiger partial charge on any atom is 0.345 e. The first-order chi connectivity index (χ1) is 16.9. The highest BCUT2D eigenvalue weighted by Crippen LogP contribution is 2.55. The van der Waals surface area contributed by atoms with E-state index in [2.05, 4.69) is 0 Å². The Morgan fingerprint density at radius 2 is 1.80 bits per heavy atom. The molecule has 1 spiro atoms. The fourth-order valence-electron chi connectivity index (χ4n) is 4.81. The Balaban J connectivity index is 1.91. The van der Waals surface area contributed by atoms with E-state index in [0.29, 0.717) is 11.1 Å². The Hall–Kier alpha value is -4.60. The molecule has 2 N–H and O–H groups in total. The number of esters is 2. The standard InChI is InChI=1S/C25H20N2O8/c1-3-33-17(28)12-27-15-10-6-5-9-14(15)25(24(27)31)18-20(35-21(26)19(25)22(29)32-2)13-8-4-7-11-16(13)34-23(18)30/h4-11H,3,12,26H2,1-2H3. The van der Waals surface area contributed by atoms with Crippen LogP contribution in [0.2, 0.25) is 0 Å². The zero-order chi connectivity index (χ0) is 24.9. The van der Waals surface area contributed by atoms with Gasteiger partial charge in [0.2, 0.25) is 11.8 Å². The third kappa shape index (κ3) is 2.96. The van der Waals surface area contributed by atoms with Crippen molar-refractivity contribution >= 4 is 34.5 Å². The van der Waals surface area contributed by atoms with Gasteiger partial charge in [-0.25, -0.2) is 9.59 Å². The minimum absolute atomic E-state index is 0.0110. The van der Waals surface area contributed by atoms with Crippen molar-refractivity contribution < 1.29 is 33.0 Å². The molecule has 0 radical (unpaired) electrons. The van der Waals surface area contributed by atoms with E-state index in [9.17, 15) is 19.2 Å². The Kier molecular flexibility index (Phi) is 5.08. The molecule has 0 saturated carbocycles. The normalized spacial score (nSPS) is 18.3. The van der Waals surface area contributed by atoms with Crippen LogP contribution in [0.1, 0.15) is 18.1 Å². The van der Waals surface area contributed by atoms with Crippen molar-refractivity contribution in [2.75, 3.05) is 25.2 Å². The molecule has 178 valence electrons. The number of nitrogens with zero attached hydrogens (tertiary/aromatic N) is 1. The molecule has 0 aliphatic carbocycles. The second-order valence-corrected chi connectivity index (χ2v) is 7.89. The first-order valence-electron chi connectivity index (χ1n) is 10.8. The zero-order valence-electron chi connectivity index (χ0n) is 18.8. The van der Waals surface area contributed by atoms with Crippen molar-refractivity contribution in [2.24, 2.45) is 5.73 Å². The summed E-state index contributed by atoms with van der Waals surface area (Å²) in [5, 5.41) is 0.377. The zero-order valence-corrected chi connectivity index (χ0v) is 18.8. The Labute approximate surface area is 198 Å². The smallest absolute Gasteiger partial charge is 0.345 e. The van der Waals surface area contributed by atoms with Gasteiger partial charge in [0.15, 0.2) is 5.75 Å². The van der Waals surface area contributed by atoms with Gasteiger partial charge in [-0.1, -0.05) is 30.3 Å². The van der Waals surface area contributed by atoms with E-state index in [1.54, 1.807) is 55.5 Å². The van der Waals surface area contributed by atoms with Crippen LogP contribution in [0.4, 0.5) is 5.69 Å². The molecular formula is C25H20N2O8. The van der Waals surface area contributed by atoms with Crippen LogP contribution in [0, 0.1) is 0 Å². The SMILES string of the molecule is CCOC(=O)CN1C(=O)C2(C(C(=O)OC)=C(N)Oc3c2c(=O)oc2ccccc32)c2ccccc21. The molecule has 5 rings (SSSR count). The van der Waals surface area contributed by atoms with Gasteiger partial charge < -0.3 is 24.4 Å². The second kappa shape index (κ2) is 8.01. The maximum atomic E-state index is 14.3. The largest absolute Gasteiger partial charge is 0.465 e. The Morgan fingerprint density at radius 3 is 2.54 bits per heavy atom. The van der Waals surface area contributed by atoms with Crippen molar-refractivity contribution in [1.82, 2.24) is 0 Å². The number of carbonyl (C=O) groups is 3. The number of fused-ring (bicyclic) bond motifs is 6. The highest BCUT2D eigenvalue weighted by atomic mass is 16.5. The van der Waals surface area contributed by atoms with Gasteiger partial charge in [-0.3, -0.25) is 14.5 Å². The molecule has 10 heteroatoms. The lowest BCUT2D eigenvalue weighted by atomic mass is 9.68. The van der Waals surface area contributed by atoms with E-state index in [0.717, 1.165) is 12.0 Å². The summed E-state index contributed by atoms with van der Waals surface area (Å²) in [7, 11) is 1.12. The number of carbonyl (C=O) groups excluding carboxylic acids is 3. The van der Waals surface area contributed by atoms with Crippen LogP contribution in [-0.2, 0) is 29.3 Å². The van der Waals surface area contributed by atoms with Gasteiger partial charge in [0.1, 0.15) is 28.7 Å². The fourth-order valence-corrected chi connectivity index (χ4v) is 4.81. The van der Waals surface area contributed by atoms with Gasteiger partial charge >= 0.3 is 17.6 Å². The van der Waals surface area contributed by atoms with Crippen molar-refractivity contribution in [1.29, 1.82) is 0 Å². The summed E-state index contributed by atoms with van der Waals surface area (Å²) in [5.41, 5.74) is 3.44.